The predicted molar refractivity (Wildman–Crippen MR) is 79.2 cm³/mol. The Hall–Kier alpha value is -1.72. The molecule has 0 amide bonds. The molecule has 100 valence electrons. The normalized spacial score (nSPS) is 9.68. The van der Waals surface area contributed by atoms with Gasteiger partial charge in [0.05, 0.1) is 10.6 Å². The van der Waals surface area contributed by atoms with Gasteiger partial charge >= 0.3 is 0 Å². The predicted octanol–water partition coefficient (Wildman–Crippen LogP) is 4.91. The van der Waals surface area contributed by atoms with Gasteiger partial charge in [-0.3, -0.25) is 0 Å². The molecule has 0 aromatic heterocycles. The van der Waals surface area contributed by atoms with E-state index >= 15 is 0 Å². The number of phenols is 1. The van der Waals surface area contributed by atoms with Gasteiger partial charge in [0, 0.05) is 10.8 Å². The number of phenolic OH excluding ortho intramolecular Hbond substituents is 1. The summed E-state index contributed by atoms with van der Waals surface area (Å²) in [5.41, 5.74) is 0.982. The smallest absolute Gasteiger partial charge is 0.139 e. The third-order valence-corrected chi connectivity index (χ3v) is 3.17. The van der Waals surface area contributed by atoms with Crippen LogP contribution in [0.5, 0.6) is 5.75 Å². The van der Waals surface area contributed by atoms with Crippen LogP contribution in [0.3, 0.4) is 0 Å². The first-order valence-electron chi connectivity index (χ1n) is 6.19. The molecule has 2 rings (SSSR count). The van der Waals surface area contributed by atoms with Crippen molar-refractivity contribution in [2.75, 3.05) is 0 Å². The second-order valence-corrected chi connectivity index (χ2v) is 4.09. The van der Waals surface area contributed by atoms with Gasteiger partial charge in [0.2, 0.25) is 0 Å². The van der Waals surface area contributed by atoms with E-state index in [1.54, 1.807) is 0 Å². The second-order valence-electron chi connectivity index (χ2n) is 3.71. The minimum Gasteiger partial charge on any atom is -0.506 e. The minimum absolute atomic E-state index is 0.00871. The topological polar surface area (TPSA) is 20.2 Å². The molecule has 0 heterocycles. The molecule has 1 nitrogen and oxygen atoms in total. The number of rotatable bonds is 1. The fourth-order valence-corrected chi connectivity index (χ4v) is 2.16. The average molecular weight is 279 g/mol. The van der Waals surface area contributed by atoms with Crippen LogP contribution in [-0.4, -0.2) is 5.11 Å². The van der Waals surface area contributed by atoms with E-state index in [1.807, 2.05) is 20.8 Å². The van der Waals surface area contributed by atoms with Gasteiger partial charge in [0.15, 0.2) is 0 Å². The number of halogens is 2. The zero-order chi connectivity index (χ0) is 14.6. The van der Waals surface area contributed by atoms with Crippen LogP contribution in [0.15, 0.2) is 18.2 Å². The highest BCUT2D eigenvalue weighted by Crippen LogP contribution is 2.37. The highest BCUT2D eigenvalue weighted by Gasteiger charge is 2.14. The van der Waals surface area contributed by atoms with Crippen LogP contribution >= 0.6 is 11.6 Å². The van der Waals surface area contributed by atoms with Crippen molar-refractivity contribution in [3.63, 3.8) is 0 Å². The van der Waals surface area contributed by atoms with Gasteiger partial charge in [-0.2, -0.15) is 0 Å². The van der Waals surface area contributed by atoms with Crippen LogP contribution in [0.2, 0.25) is 5.02 Å². The molecule has 0 unspecified atom stereocenters. The van der Waals surface area contributed by atoms with Crippen LogP contribution < -0.4 is 0 Å². The number of hydrogen-bond donors (Lipinski definition) is 1. The Balaban J connectivity index is 0.000000861. The summed E-state index contributed by atoms with van der Waals surface area (Å²) < 4.78 is 13.6. The van der Waals surface area contributed by atoms with E-state index in [4.69, 9.17) is 18.0 Å². The van der Waals surface area contributed by atoms with Crippen molar-refractivity contribution in [1.29, 1.82) is 0 Å². The molecule has 0 saturated heterocycles. The van der Waals surface area contributed by atoms with E-state index in [0.717, 1.165) is 5.56 Å². The third kappa shape index (κ3) is 2.67. The molecule has 3 heteroatoms. The van der Waals surface area contributed by atoms with Crippen molar-refractivity contribution in [3.8, 4) is 18.1 Å². The lowest BCUT2D eigenvalue weighted by molar-refractivity contribution is 0.476. The molecule has 19 heavy (non-hydrogen) atoms. The van der Waals surface area contributed by atoms with Crippen LogP contribution in [-0.2, 0) is 6.42 Å². The molecular formula is C16H16ClFO. The maximum absolute atomic E-state index is 13.6. The molecule has 0 aliphatic carbocycles. The summed E-state index contributed by atoms with van der Waals surface area (Å²) in [6, 6.07) is 4.33. The third-order valence-electron chi connectivity index (χ3n) is 2.77. The first-order chi connectivity index (χ1) is 9.10. The largest absolute Gasteiger partial charge is 0.506 e. The van der Waals surface area contributed by atoms with Crippen molar-refractivity contribution in [2.45, 2.75) is 27.2 Å². The number of aryl methyl sites for hydroxylation is 1. The molecule has 2 aromatic rings. The Morgan fingerprint density at radius 3 is 2.53 bits per heavy atom. The van der Waals surface area contributed by atoms with Gasteiger partial charge in [0.25, 0.3) is 0 Å². The molecule has 0 atom stereocenters. The average Bonchev–Trinajstić information content (AvgIpc) is 2.44. The number of aromatic hydroxyl groups is 1. The van der Waals surface area contributed by atoms with Gasteiger partial charge in [-0.05, 0) is 30.2 Å². The summed E-state index contributed by atoms with van der Waals surface area (Å²) in [5, 5.41) is 11.1. The van der Waals surface area contributed by atoms with E-state index < -0.39 is 5.82 Å². The molecule has 1 N–H and O–H groups in total. The summed E-state index contributed by atoms with van der Waals surface area (Å²) in [7, 11) is 0. The lowest BCUT2D eigenvalue weighted by Gasteiger charge is -2.11. The van der Waals surface area contributed by atoms with Gasteiger partial charge in [0.1, 0.15) is 11.6 Å². The van der Waals surface area contributed by atoms with Gasteiger partial charge < -0.3 is 5.11 Å². The lowest BCUT2D eigenvalue weighted by Crippen LogP contribution is -1.93. The number of fused-ring (bicyclic) bond motifs is 1. The summed E-state index contributed by atoms with van der Waals surface area (Å²) in [6.07, 6.45) is 5.97. The highest BCUT2D eigenvalue weighted by atomic mass is 35.5. The first-order valence-corrected chi connectivity index (χ1v) is 6.57. The standard InChI is InChI=1S/C14H10ClFO.C2H6/c1-3-8-7-12(17)14(15)10-5-6-11(16)9(4-2)13(8)10;1-2/h2,5-7,17H,3H2,1H3;1-2H3. The van der Waals surface area contributed by atoms with Crippen LogP contribution in [0.1, 0.15) is 31.9 Å². The Morgan fingerprint density at radius 1 is 1.37 bits per heavy atom. The van der Waals surface area contributed by atoms with Crippen molar-refractivity contribution in [2.24, 2.45) is 0 Å². The number of hydrogen-bond acceptors (Lipinski definition) is 1. The lowest BCUT2D eigenvalue weighted by atomic mass is 9.97. The molecular weight excluding hydrogens is 263 g/mol. The Labute approximate surface area is 118 Å². The van der Waals surface area contributed by atoms with Crippen molar-refractivity contribution in [1.82, 2.24) is 0 Å². The summed E-state index contributed by atoms with van der Waals surface area (Å²) in [6.45, 7) is 5.91. The van der Waals surface area contributed by atoms with Crippen molar-refractivity contribution >= 4 is 22.4 Å². The Kier molecular flexibility index (Phi) is 5.20. The number of terminal acetylenes is 1. The van der Waals surface area contributed by atoms with Gasteiger partial charge in [-0.25, -0.2) is 4.39 Å². The fourth-order valence-electron chi connectivity index (χ4n) is 1.95. The molecule has 0 radical (unpaired) electrons. The highest BCUT2D eigenvalue weighted by molar-refractivity contribution is 6.37. The minimum atomic E-state index is -0.448. The molecule has 0 bridgehead atoms. The first kappa shape index (κ1) is 15.3. The van der Waals surface area contributed by atoms with Gasteiger partial charge in [-0.15, -0.1) is 6.42 Å². The van der Waals surface area contributed by atoms with E-state index in [-0.39, 0.29) is 16.3 Å². The van der Waals surface area contributed by atoms with Crippen molar-refractivity contribution < 1.29 is 9.50 Å². The molecule has 2 aromatic carbocycles. The molecule has 0 aliphatic rings. The Morgan fingerprint density at radius 2 is 2.00 bits per heavy atom. The zero-order valence-electron chi connectivity index (χ0n) is 11.2. The summed E-state index contributed by atoms with van der Waals surface area (Å²) >= 11 is 6.00. The van der Waals surface area contributed by atoms with Crippen LogP contribution in [0.4, 0.5) is 4.39 Å². The second kappa shape index (κ2) is 6.45. The van der Waals surface area contributed by atoms with Gasteiger partial charge in [-0.1, -0.05) is 38.3 Å². The molecule has 0 aliphatic heterocycles. The van der Waals surface area contributed by atoms with E-state index in [1.165, 1.54) is 18.2 Å². The SMILES string of the molecule is C#Cc1c(F)ccc2c(Cl)c(O)cc(CC)c12.CC. The molecule has 0 fully saturated rings. The summed E-state index contributed by atoms with van der Waals surface area (Å²) in [5.74, 6) is 1.89. The zero-order valence-corrected chi connectivity index (χ0v) is 12.0. The quantitative estimate of drug-likeness (QED) is 0.735. The molecule has 0 saturated carbocycles. The maximum atomic E-state index is 13.6. The van der Waals surface area contributed by atoms with E-state index in [0.29, 0.717) is 17.2 Å². The number of benzene rings is 2. The monoisotopic (exact) mass is 278 g/mol. The van der Waals surface area contributed by atoms with Crippen LogP contribution in [0.25, 0.3) is 10.8 Å². The summed E-state index contributed by atoms with van der Waals surface area (Å²) in [4.78, 5) is 0. The Bertz CT molecular complexity index is 641. The maximum Gasteiger partial charge on any atom is 0.139 e. The van der Waals surface area contributed by atoms with E-state index in [9.17, 15) is 9.50 Å². The fraction of sp³-hybridized carbons (Fsp3) is 0.250. The van der Waals surface area contributed by atoms with E-state index in [2.05, 4.69) is 5.92 Å². The van der Waals surface area contributed by atoms with Crippen LogP contribution in [0, 0.1) is 18.2 Å². The molecule has 0 spiro atoms. The van der Waals surface area contributed by atoms with Crippen molar-refractivity contribution in [3.05, 3.63) is 40.2 Å².